The van der Waals surface area contributed by atoms with Crippen LogP contribution in [0.25, 0.3) is 0 Å². The van der Waals surface area contributed by atoms with Gasteiger partial charge in [-0.2, -0.15) is 0 Å². The summed E-state index contributed by atoms with van der Waals surface area (Å²) >= 11 is 0. The Morgan fingerprint density at radius 3 is 2.41 bits per heavy atom. The maximum absolute atomic E-state index is 3.45. The normalized spacial score (nSPS) is 34.8. The molecule has 1 N–H and O–H groups in total. The van der Waals surface area contributed by atoms with Gasteiger partial charge in [0.15, 0.2) is 0 Å². The molecule has 3 atom stereocenters. The van der Waals surface area contributed by atoms with E-state index in [9.17, 15) is 0 Å². The third kappa shape index (κ3) is 3.23. The van der Waals surface area contributed by atoms with Crippen LogP contribution in [0.15, 0.2) is 0 Å². The van der Waals surface area contributed by atoms with E-state index in [1.165, 1.54) is 51.5 Å². The van der Waals surface area contributed by atoms with Crippen LogP contribution < -0.4 is 5.32 Å². The second kappa shape index (κ2) is 6.19. The number of hydrogen-bond donors (Lipinski definition) is 1. The Kier molecular flexibility index (Phi) is 4.87. The second-order valence-corrected chi connectivity index (χ2v) is 6.24. The van der Waals surface area contributed by atoms with Gasteiger partial charge in [0.25, 0.3) is 0 Å². The average molecular weight is 238 g/mol. The molecule has 2 heteroatoms. The van der Waals surface area contributed by atoms with Crippen molar-refractivity contribution < 1.29 is 0 Å². The topological polar surface area (TPSA) is 15.3 Å². The third-order valence-corrected chi connectivity index (χ3v) is 5.19. The van der Waals surface area contributed by atoms with Crippen LogP contribution in [0.3, 0.4) is 0 Å². The van der Waals surface area contributed by atoms with E-state index < -0.39 is 0 Å². The standard InChI is InChI=1S/C15H30N2/c1-12-11-15(16-3)9-10-17(12)13(2)14-7-5-4-6-8-14/h12-16H,4-11H2,1-3H3. The molecule has 0 amide bonds. The van der Waals surface area contributed by atoms with Gasteiger partial charge in [0.05, 0.1) is 0 Å². The number of hydrogen-bond acceptors (Lipinski definition) is 2. The van der Waals surface area contributed by atoms with Crippen LogP contribution in [-0.2, 0) is 0 Å². The van der Waals surface area contributed by atoms with Crippen LogP contribution in [0.2, 0.25) is 0 Å². The fraction of sp³-hybridized carbons (Fsp3) is 1.00. The lowest BCUT2D eigenvalue weighted by atomic mass is 9.82. The molecule has 0 spiro atoms. The molecule has 2 rings (SSSR count). The summed E-state index contributed by atoms with van der Waals surface area (Å²) in [5.74, 6) is 0.970. The van der Waals surface area contributed by atoms with Crippen molar-refractivity contribution >= 4 is 0 Å². The number of likely N-dealkylation sites (tertiary alicyclic amines) is 1. The summed E-state index contributed by atoms with van der Waals surface area (Å²) in [7, 11) is 2.11. The summed E-state index contributed by atoms with van der Waals surface area (Å²) in [4.78, 5) is 2.78. The molecule has 3 unspecified atom stereocenters. The molecule has 17 heavy (non-hydrogen) atoms. The van der Waals surface area contributed by atoms with Crippen molar-refractivity contribution in [3.63, 3.8) is 0 Å². The predicted octanol–water partition coefficient (Wildman–Crippen LogP) is 3.03. The highest BCUT2D eigenvalue weighted by molar-refractivity contribution is 4.88. The van der Waals surface area contributed by atoms with Crippen molar-refractivity contribution in [1.29, 1.82) is 0 Å². The first kappa shape index (κ1) is 13.4. The first-order chi connectivity index (χ1) is 8.22. The summed E-state index contributed by atoms with van der Waals surface area (Å²) in [6, 6.07) is 2.32. The maximum atomic E-state index is 3.45. The Morgan fingerprint density at radius 2 is 1.82 bits per heavy atom. The first-order valence-corrected chi connectivity index (χ1v) is 7.65. The van der Waals surface area contributed by atoms with Gasteiger partial charge in [0.2, 0.25) is 0 Å². The van der Waals surface area contributed by atoms with Crippen molar-refractivity contribution in [2.75, 3.05) is 13.6 Å². The van der Waals surface area contributed by atoms with E-state index in [-0.39, 0.29) is 0 Å². The van der Waals surface area contributed by atoms with Gasteiger partial charge in [0, 0.05) is 24.7 Å². The van der Waals surface area contributed by atoms with Gasteiger partial charge in [-0.15, -0.1) is 0 Å². The molecule has 0 aromatic rings. The van der Waals surface area contributed by atoms with Crippen molar-refractivity contribution in [3.05, 3.63) is 0 Å². The minimum atomic E-state index is 0.750. The molecule has 2 nitrogen and oxygen atoms in total. The molecular weight excluding hydrogens is 208 g/mol. The molecule has 1 aliphatic heterocycles. The molecule has 2 aliphatic rings. The van der Waals surface area contributed by atoms with Crippen molar-refractivity contribution in [3.8, 4) is 0 Å². The van der Waals surface area contributed by atoms with E-state index in [0.717, 1.165) is 24.0 Å². The molecule has 1 heterocycles. The fourth-order valence-corrected chi connectivity index (χ4v) is 3.94. The van der Waals surface area contributed by atoms with Crippen LogP contribution in [-0.4, -0.2) is 36.6 Å². The monoisotopic (exact) mass is 238 g/mol. The smallest absolute Gasteiger partial charge is 0.00980 e. The van der Waals surface area contributed by atoms with E-state index in [0.29, 0.717) is 0 Å². The minimum absolute atomic E-state index is 0.750. The van der Waals surface area contributed by atoms with E-state index >= 15 is 0 Å². The van der Waals surface area contributed by atoms with E-state index in [1.54, 1.807) is 0 Å². The Bertz CT molecular complexity index is 223. The van der Waals surface area contributed by atoms with Crippen LogP contribution >= 0.6 is 0 Å². The summed E-state index contributed by atoms with van der Waals surface area (Å²) in [6.45, 7) is 6.19. The second-order valence-electron chi connectivity index (χ2n) is 6.24. The van der Waals surface area contributed by atoms with Gasteiger partial charge >= 0.3 is 0 Å². The van der Waals surface area contributed by atoms with Gasteiger partial charge in [-0.3, -0.25) is 4.90 Å². The summed E-state index contributed by atoms with van der Waals surface area (Å²) in [5.41, 5.74) is 0. The number of rotatable bonds is 3. The third-order valence-electron chi connectivity index (χ3n) is 5.19. The number of nitrogens with one attached hydrogen (secondary N) is 1. The van der Waals surface area contributed by atoms with Crippen LogP contribution in [0.1, 0.15) is 58.8 Å². The molecular formula is C15H30N2. The van der Waals surface area contributed by atoms with Crippen LogP contribution in [0.4, 0.5) is 0 Å². The number of nitrogens with zero attached hydrogens (tertiary/aromatic N) is 1. The minimum Gasteiger partial charge on any atom is -0.317 e. The van der Waals surface area contributed by atoms with Gasteiger partial charge in [-0.05, 0) is 52.5 Å². The van der Waals surface area contributed by atoms with Crippen molar-refractivity contribution in [1.82, 2.24) is 10.2 Å². The Morgan fingerprint density at radius 1 is 1.12 bits per heavy atom. The zero-order valence-corrected chi connectivity index (χ0v) is 11.9. The molecule has 1 saturated carbocycles. The Hall–Kier alpha value is -0.0800. The van der Waals surface area contributed by atoms with Crippen molar-refractivity contribution in [2.45, 2.75) is 76.9 Å². The lowest BCUT2D eigenvalue weighted by Crippen LogP contribution is -2.52. The molecule has 1 saturated heterocycles. The molecule has 2 fully saturated rings. The zero-order valence-electron chi connectivity index (χ0n) is 11.9. The molecule has 0 bridgehead atoms. The average Bonchev–Trinajstić information content (AvgIpc) is 2.39. The largest absolute Gasteiger partial charge is 0.317 e. The fourth-order valence-electron chi connectivity index (χ4n) is 3.94. The van der Waals surface area contributed by atoms with Crippen molar-refractivity contribution in [2.24, 2.45) is 5.92 Å². The maximum Gasteiger partial charge on any atom is 0.00980 e. The molecule has 0 aromatic heterocycles. The first-order valence-electron chi connectivity index (χ1n) is 7.65. The van der Waals surface area contributed by atoms with Gasteiger partial charge in [0.1, 0.15) is 0 Å². The lowest BCUT2D eigenvalue weighted by molar-refractivity contribution is 0.0556. The Balaban J connectivity index is 1.88. The quantitative estimate of drug-likeness (QED) is 0.813. The SMILES string of the molecule is CNC1CCN(C(C)C2CCCCC2)C(C)C1. The lowest BCUT2D eigenvalue weighted by Gasteiger charge is -2.44. The van der Waals surface area contributed by atoms with Gasteiger partial charge < -0.3 is 5.32 Å². The van der Waals surface area contributed by atoms with Crippen LogP contribution in [0.5, 0.6) is 0 Å². The van der Waals surface area contributed by atoms with E-state index in [1.807, 2.05) is 0 Å². The molecule has 0 aromatic carbocycles. The molecule has 1 aliphatic carbocycles. The van der Waals surface area contributed by atoms with Crippen LogP contribution in [0, 0.1) is 5.92 Å². The summed E-state index contributed by atoms with van der Waals surface area (Å²) < 4.78 is 0. The van der Waals surface area contributed by atoms with E-state index in [2.05, 4.69) is 31.1 Å². The van der Waals surface area contributed by atoms with Gasteiger partial charge in [-0.25, -0.2) is 0 Å². The molecule has 100 valence electrons. The van der Waals surface area contributed by atoms with E-state index in [4.69, 9.17) is 0 Å². The summed E-state index contributed by atoms with van der Waals surface area (Å²) in [5, 5.41) is 3.45. The molecule has 0 radical (unpaired) electrons. The van der Waals surface area contributed by atoms with Gasteiger partial charge in [-0.1, -0.05) is 19.3 Å². The highest BCUT2D eigenvalue weighted by Gasteiger charge is 2.31. The predicted molar refractivity (Wildman–Crippen MR) is 74.3 cm³/mol. The Labute approximate surface area is 107 Å². The number of piperidine rings is 1. The highest BCUT2D eigenvalue weighted by atomic mass is 15.2. The summed E-state index contributed by atoms with van der Waals surface area (Å²) in [6.07, 6.45) is 10.0. The zero-order chi connectivity index (χ0) is 12.3. The highest BCUT2D eigenvalue weighted by Crippen LogP contribution is 2.31.